The quantitative estimate of drug-likeness (QED) is 0.107. The van der Waals surface area contributed by atoms with Crippen molar-refractivity contribution in [3.8, 4) is 46.4 Å². The summed E-state index contributed by atoms with van der Waals surface area (Å²) < 4.78 is 194. The SMILES string of the molecule is CC(C)(C)OC(=O)NC1CC(F)(F)c2cc(F)c(-c3nnc(C(C)(C)C#N)o3)cc2N(Cc2ccc(-n3nnc(C(F)(F)F)n3)cc2)C1=O.CC(C)(C)OC(=O)N[C@@H]1CC(F)(F)c2cc(F)c(-c3nnc(C(C)(C)C#N)o3)cc2N(Cc2ccc(-n3nnc(C(F)(F)F)n3)cc2)C1=O. The van der Waals surface area contributed by atoms with Gasteiger partial charge in [-0.1, -0.05) is 24.3 Å². The molecule has 2 N–H and O–H groups in total. The standard InChI is InChI=1S/2C30H27F6N9O4/c2*1-27(2,3)49-26(47)38-20-12-29(32,33)18-11-19(31)17(22-39-41-25(48-22)28(4,5)14-37)10-21(18)44(23(20)46)13-15-6-8-16(9-7-15)45-42-24(40-43-45)30(34,35)36/h2*6-11,20H,12-13H2,1-5H3,(H,38,47)/t20-;/m1./s1. The van der Waals surface area contributed by atoms with Crippen molar-refractivity contribution < 1.29 is 90.2 Å². The number of alkyl carbamates (subject to hydrolysis) is 2. The van der Waals surface area contributed by atoms with E-state index >= 15 is 26.3 Å². The van der Waals surface area contributed by atoms with Gasteiger partial charge in [0.05, 0.1) is 59.1 Å². The van der Waals surface area contributed by atoms with Crippen LogP contribution in [0.25, 0.3) is 34.3 Å². The van der Waals surface area contributed by atoms with Crippen LogP contribution in [-0.4, -0.2) is 108 Å². The second-order valence-electron chi connectivity index (χ2n) is 25.2. The normalized spacial score (nSPS) is 16.5. The summed E-state index contributed by atoms with van der Waals surface area (Å²) in [5, 5.41) is 57.7. The molecule has 26 nitrogen and oxygen atoms in total. The van der Waals surface area contributed by atoms with Gasteiger partial charge in [-0.3, -0.25) is 9.59 Å². The number of carbonyl (C=O) groups is 4. The minimum Gasteiger partial charge on any atom is -0.444 e. The molecular formula is C60H54F12N18O8. The van der Waals surface area contributed by atoms with E-state index in [2.05, 4.69) is 61.8 Å². The number of carbonyl (C=O) groups excluding carboxylic acids is 4. The van der Waals surface area contributed by atoms with Gasteiger partial charge >= 0.3 is 24.5 Å². The maximum atomic E-state index is 15.9. The molecule has 4 aromatic heterocycles. The smallest absolute Gasteiger partial charge is 0.444 e. The number of anilines is 2. The van der Waals surface area contributed by atoms with Crippen molar-refractivity contribution in [3.63, 3.8) is 0 Å². The minimum atomic E-state index is -4.84. The van der Waals surface area contributed by atoms with Crippen molar-refractivity contribution in [3.05, 3.63) is 130 Å². The molecular weight excluding hydrogens is 1330 g/mol. The molecule has 6 heterocycles. The lowest BCUT2D eigenvalue weighted by atomic mass is 9.96. The predicted octanol–water partition coefficient (Wildman–Crippen LogP) is 11.2. The Bertz CT molecular complexity index is 4160. The summed E-state index contributed by atoms with van der Waals surface area (Å²) in [7, 11) is 0. The fourth-order valence-corrected chi connectivity index (χ4v) is 9.43. The minimum absolute atomic E-state index is 0.0576. The van der Waals surface area contributed by atoms with E-state index < -0.39 is 177 Å². The molecule has 0 saturated carbocycles. The van der Waals surface area contributed by atoms with E-state index in [1.165, 1.54) is 118 Å². The number of benzene rings is 4. The van der Waals surface area contributed by atoms with E-state index in [-0.39, 0.29) is 34.3 Å². The second-order valence-corrected chi connectivity index (χ2v) is 25.2. The average molecular weight is 1380 g/mol. The zero-order valence-electron chi connectivity index (χ0n) is 52.9. The molecule has 0 saturated heterocycles. The summed E-state index contributed by atoms with van der Waals surface area (Å²) in [4.78, 5) is 56.3. The van der Waals surface area contributed by atoms with Gasteiger partial charge in [-0.15, -0.1) is 50.4 Å². The number of nitrogens with zero attached hydrogens (tertiary/aromatic N) is 16. The number of fused-ring (bicyclic) bond motifs is 2. The molecule has 38 heteroatoms. The van der Waals surface area contributed by atoms with Gasteiger partial charge in [0.15, 0.2) is 0 Å². The number of rotatable bonds is 12. The summed E-state index contributed by atoms with van der Waals surface area (Å²) >= 11 is 0. The van der Waals surface area contributed by atoms with E-state index in [1.807, 2.05) is 12.1 Å². The Morgan fingerprint density at radius 1 is 0.551 bits per heavy atom. The number of tetrazole rings is 2. The van der Waals surface area contributed by atoms with Crippen LogP contribution in [0.3, 0.4) is 0 Å². The highest BCUT2D eigenvalue weighted by atomic mass is 19.4. The molecule has 0 aliphatic carbocycles. The molecule has 0 radical (unpaired) electrons. The van der Waals surface area contributed by atoms with Gasteiger partial charge in [-0.05, 0) is 139 Å². The molecule has 0 spiro atoms. The lowest BCUT2D eigenvalue weighted by molar-refractivity contribution is -0.145. The Morgan fingerprint density at radius 2 is 0.888 bits per heavy atom. The monoisotopic (exact) mass is 1380 g/mol. The molecule has 0 fully saturated rings. The Balaban J connectivity index is 0.000000229. The zero-order chi connectivity index (χ0) is 72.2. The third-order valence-corrected chi connectivity index (χ3v) is 14.3. The molecule has 516 valence electrons. The van der Waals surface area contributed by atoms with Crippen LogP contribution in [0.1, 0.15) is 128 Å². The number of halogens is 12. The Labute approximate surface area is 545 Å². The largest absolute Gasteiger partial charge is 0.455 e. The zero-order valence-corrected chi connectivity index (χ0v) is 52.9. The van der Waals surface area contributed by atoms with Crippen molar-refractivity contribution in [1.82, 2.24) is 71.4 Å². The topological polar surface area (TPSA) is 330 Å². The molecule has 8 aromatic rings. The summed E-state index contributed by atoms with van der Waals surface area (Å²) in [6, 6.07) is 13.8. The van der Waals surface area contributed by atoms with Gasteiger partial charge < -0.3 is 38.7 Å². The van der Waals surface area contributed by atoms with E-state index in [9.17, 15) is 56.0 Å². The fourth-order valence-electron chi connectivity index (χ4n) is 9.43. The summed E-state index contributed by atoms with van der Waals surface area (Å²) in [6.45, 7) is 14.2. The molecule has 2 aliphatic rings. The first-order valence-corrected chi connectivity index (χ1v) is 28.9. The van der Waals surface area contributed by atoms with Gasteiger partial charge in [-0.2, -0.15) is 36.9 Å². The molecule has 4 aromatic carbocycles. The number of amides is 4. The number of nitriles is 2. The van der Waals surface area contributed by atoms with Gasteiger partial charge in [0.25, 0.3) is 35.3 Å². The highest BCUT2D eigenvalue weighted by Gasteiger charge is 2.50. The van der Waals surface area contributed by atoms with Gasteiger partial charge in [0, 0.05) is 24.0 Å². The van der Waals surface area contributed by atoms with Gasteiger partial charge in [-0.25, -0.2) is 35.9 Å². The number of aromatic nitrogens is 12. The van der Waals surface area contributed by atoms with Crippen LogP contribution in [0.4, 0.5) is 73.6 Å². The molecule has 2 aliphatic heterocycles. The molecule has 98 heavy (non-hydrogen) atoms. The number of ether oxygens (including phenoxy) is 2. The maximum Gasteiger partial charge on any atom is 0.455 e. The highest BCUT2D eigenvalue weighted by Crippen LogP contribution is 2.48. The maximum absolute atomic E-state index is 15.9. The van der Waals surface area contributed by atoms with Crippen molar-refractivity contribution in [2.75, 3.05) is 9.80 Å². The average Bonchev–Trinajstić information content (AvgIpc) is 1.58. The first-order chi connectivity index (χ1) is 45.4. The lowest BCUT2D eigenvalue weighted by Gasteiger charge is -2.27. The van der Waals surface area contributed by atoms with Crippen molar-refractivity contribution >= 4 is 35.4 Å². The third-order valence-electron chi connectivity index (χ3n) is 14.3. The lowest BCUT2D eigenvalue weighted by Crippen LogP contribution is -2.49. The van der Waals surface area contributed by atoms with E-state index in [1.54, 1.807) is 0 Å². The summed E-state index contributed by atoms with van der Waals surface area (Å²) in [6.07, 6.45) is -14.5. The summed E-state index contributed by atoms with van der Waals surface area (Å²) in [5.74, 6) is -16.4. The predicted molar refractivity (Wildman–Crippen MR) is 311 cm³/mol. The molecule has 4 amide bonds. The summed E-state index contributed by atoms with van der Waals surface area (Å²) in [5.41, 5.74) is -7.56. The van der Waals surface area contributed by atoms with E-state index in [0.29, 0.717) is 21.7 Å². The van der Waals surface area contributed by atoms with Crippen LogP contribution >= 0.6 is 0 Å². The first-order valence-electron chi connectivity index (χ1n) is 28.9. The number of nitrogens with one attached hydrogen (secondary N) is 2. The van der Waals surface area contributed by atoms with Crippen LogP contribution in [-0.2, 0) is 67.2 Å². The Morgan fingerprint density at radius 3 is 1.18 bits per heavy atom. The van der Waals surface area contributed by atoms with Crippen LogP contribution in [0.15, 0.2) is 81.6 Å². The first kappa shape index (κ1) is 71.2. The van der Waals surface area contributed by atoms with Crippen LogP contribution in [0, 0.1) is 34.3 Å². The second kappa shape index (κ2) is 25.8. The van der Waals surface area contributed by atoms with Crippen molar-refractivity contribution in [2.24, 2.45) is 0 Å². The van der Waals surface area contributed by atoms with Crippen molar-refractivity contribution in [1.29, 1.82) is 10.5 Å². The van der Waals surface area contributed by atoms with Gasteiger partial charge in [0.2, 0.25) is 23.6 Å². The Kier molecular flexibility index (Phi) is 18.8. The van der Waals surface area contributed by atoms with Crippen LogP contribution < -0.4 is 20.4 Å². The van der Waals surface area contributed by atoms with Gasteiger partial charge in [0.1, 0.15) is 45.8 Å². The van der Waals surface area contributed by atoms with E-state index in [0.717, 1.165) is 21.9 Å². The van der Waals surface area contributed by atoms with Crippen molar-refractivity contribution in [2.45, 2.75) is 153 Å². The molecule has 1 unspecified atom stereocenters. The highest BCUT2D eigenvalue weighted by molar-refractivity contribution is 6.02. The third kappa shape index (κ3) is 15.7. The van der Waals surface area contributed by atoms with E-state index in [4.69, 9.17) is 18.3 Å². The fraction of sp³-hybridized carbons (Fsp3) is 0.400. The Hall–Kier alpha value is -11.1. The molecule has 2 atom stereocenters. The molecule has 0 bridgehead atoms. The number of alkyl halides is 10. The molecule has 10 rings (SSSR count). The van der Waals surface area contributed by atoms with Crippen LogP contribution in [0.5, 0.6) is 0 Å². The number of hydrogen-bond acceptors (Lipinski definition) is 20. The number of hydrogen-bond donors (Lipinski definition) is 2. The van der Waals surface area contributed by atoms with Crippen LogP contribution in [0.2, 0.25) is 0 Å².